The van der Waals surface area contributed by atoms with Gasteiger partial charge in [0.05, 0.1) is 11.1 Å². The molecule has 3 heterocycles. The van der Waals surface area contributed by atoms with Crippen LogP contribution in [-0.2, 0) is 0 Å². The van der Waals surface area contributed by atoms with Gasteiger partial charge in [-0.1, -0.05) is 0 Å². The number of carbonyl (C=O) groups is 1. The lowest BCUT2D eigenvalue weighted by Gasteiger charge is -2.39. The molecule has 2 aromatic rings. The number of pyridine rings is 1. The van der Waals surface area contributed by atoms with Crippen LogP contribution < -0.4 is 5.56 Å². The Balaban J connectivity index is 1.48. The van der Waals surface area contributed by atoms with Gasteiger partial charge in [0.2, 0.25) is 5.56 Å². The van der Waals surface area contributed by atoms with E-state index in [0.29, 0.717) is 22.4 Å². The van der Waals surface area contributed by atoms with E-state index in [-0.39, 0.29) is 11.5 Å². The number of aromatic nitrogens is 1. The van der Waals surface area contributed by atoms with Crippen molar-refractivity contribution in [2.75, 3.05) is 33.2 Å². The summed E-state index contributed by atoms with van der Waals surface area (Å²) in [5.41, 5.74) is 0.358. The van der Waals surface area contributed by atoms with Gasteiger partial charge >= 0.3 is 0 Å². The first-order valence-electron chi connectivity index (χ1n) is 9.81. The number of carbonyl (C=O) groups excluding carboxylic acids is 1. The van der Waals surface area contributed by atoms with E-state index in [4.69, 9.17) is 0 Å². The maximum atomic E-state index is 13.5. The van der Waals surface area contributed by atoms with Crippen molar-refractivity contribution >= 4 is 16.8 Å². The molecule has 1 aromatic carbocycles. The number of halogens is 1. The van der Waals surface area contributed by atoms with Crippen molar-refractivity contribution < 1.29 is 9.18 Å². The molecule has 0 atom stereocenters. The monoisotopic (exact) mass is 371 g/mol. The molecular weight excluding hydrogens is 345 g/mol. The van der Waals surface area contributed by atoms with E-state index in [1.807, 2.05) is 4.90 Å². The molecular formula is C21H26FN3O2. The molecule has 1 N–H and O–H groups in total. The number of amides is 1. The second kappa shape index (κ2) is 7.43. The van der Waals surface area contributed by atoms with Gasteiger partial charge < -0.3 is 14.8 Å². The highest BCUT2D eigenvalue weighted by molar-refractivity contribution is 6.06. The molecule has 27 heavy (non-hydrogen) atoms. The van der Waals surface area contributed by atoms with Gasteiger partial charge in [-0.2, -0.15) is 0 Å². The zero-order chi connectivity index (χ0) is 19.0. The van der Waals surface area contributed by atoms with Crippen LogP contribution in [0.15, 0.2) is 29.1 Å². The number of benzene rings is 1. The van der Waals surface area contributed by atoms with Gasteiger partial charge in [0, 0.05) is 24.5 Å². The summed E-state index contributed by atoms with van der Waals surface area (Å²) < 4.78 is 13.5. The average molecular weight is 371 g/mol. The van der Waals surface area contributed by atoms with Crippen molar-refractivity contribution in [1.29, 1.82) is 0 Å². The van der Waals surface area contributed by atoms with Crippen LogP contribution in [0.4, 0.5) is 4.39 Å². The SMILES string of the molecule is CN1CCC(C2CCN(C(=O)c3cc(=O)[nH]c4cc(F)ccc34)CC2)CC1. The summed E-state index contributed by atoms with van der Waals surface area (Å²) in [5.74, 6) is 0.899. The number of piperidine rings is 2. The lowest BCUT2D eigenvalue weighted by Crippen LogP contribution is -2.42. The molecule has 2 fully saturated rings. The fourth-order valence-electron chi connectivity index (χ4n) is 4.65. The van der Waals surface area contributed by atoms with E-state index in [1.54, 1.807) is 6.07 Å². The Bertz CT molecular complexity index is 894. The van der Waals surface area contributed by atoms with E-state index in [9.17, 15) is 14.0 Å². The van der Waals surface area contributed by atoms with Crippen LogP contribution >= 0.6 is 0 Å². The van der Waals surface area contributed by atoms with Crippen molar-refractivity contribution in [2.45, 2.75) is 25.7 Å². The highest BCUT2D eigenvalue weighted by Crippen LogP contribution is 2.32. The van der Waals surface area contributed by atoms with Crippen molar-refractivity contribution in [3.8, 4) is 0 Å². The molecule has 0 saturated carbocycles. The van der Waals surface area contributed by atoms with Crippen LogP contribution in [0.2, 0.25) is 0 Å². The molecule has 0 radical (unpaired) electrons. The van der Waals surface area contributed by atoms with Crippen LogP contribution in [0.1, 0.15) is 36.0 Å². The summed E-state index contributed by atoms with van der Waals surface area (Å²) in [6.45, 7) is 3.79. The number of nitrogens with zero attached hydrogens (tertiary/aromatic N) is 2. The minimum atomic E-state index is -0.429. The number of hydrogen-bond acceptors (Lipinski definition) is 3. The highest BCUT2D eigenvalue weighted by atomic mass is 19.1. The number of hydrogen-bond donors (Lipinski definition) is 1. The lowest BCUT2D eigenvalue weighted by molar-refractivity contribution is 0.0617. The van der Waals surface area contributed by atoms with Crippen molar-refractivity contribution in [2.24, 2.45) is 11.8 Å². The Kier molecular flexibility index (Phi) is 5.00. The topological polar surface area (TPSA) is 56.4 Å². The van der Waals surface area contributed by atoms with Gasteiger partial charge in [-0.15, -0.1) is 0 Å². The van der Waals surface area contributed by atoms with Crippen molar-refractivity contribution in [3.05, 3.63) is 46.0 Å². The summed E-state index contributed by atoms with van der Waals surface area (Å²) in [5, 5.41) is 0.596. The van der Waals surface area contributed by atoms with Crippen molar-refractivity contribution in [3.63, 3.8) is 0 Å². The van der Waals surface area contributed by atoms with E-state index < -0.39 is 5.82 Å². The number of fused-ring (bicyclic) bond motifs is 1. The quantitative estimate of drug-likeness (QED) is 0.883. The fraction of sp³-hybridized carbons (Fsp3) is 0.524. The maximum absolute atomic E-state index is 13.5. The Hall–Kier alpha value is -2.21. The molecule has 0 unspecified atom stereocenters. The summed E-state index contributed by atoms with van der Waals surface area (Å²) >= 11 is 0. The van der Waals surface area contributed by atoms with Crippen LogP contribution in [0, 0.1) is 17.7 Å². The van der Waals surface area contributed by atoms with Gasteiger partial charge in [-0.3, -0.25) is 9.59 Å². The minimum absolute atomic E-state index is 0.125. The van der Waals surface area contributed by atoms with Crippen LogP contribution in [0.3, 0.4) is 0 Å². The molecule has 0 bridgehead atoms. The fourth-order valence-corrected chi connectivity index (χ4v) is 4.65. The van der Waals surface area contributed by atoms with E-state index in [0.717, 1.165) is 31.8 Å². The van der Waals surface area contributed by atoms with Crippen LogP contribution in [0.5, 0.6) is 0 Å². The molecule has 2 aliphatic heterocycles. The largest absolute Gasteiger partial charge is 0.339 e. The average Bonchev–Trinajstić information content (AvgIpc) is 2.67. The van der Waals surface area contributed by atoms with Gasteiger partial charge in [-0.05, 0) is 75.9 Å². The van der Waals surface area contributed by atoms with E-state index in [1.165, 1.54) is 44.1 Å². The molecule has 1 aromatic heterocycles. The number of nitrogens with one attached hydrogen (secondary N) is 1. The molecule has 0 spiro atoms. The van der Waals surface area contributed by atoms with Crippen LogP contribution in [0.25, 0.3) is 10.9 Å². The van der Waals surface area contributed by atoms with Gasteiger partial charge in [0.1, 0.15) is 5.82 Å². The third-order valence-corrected chi connectivity index (χ3v) is 6.29. The first kappa shape index (κ1) is 18.2. The Morgan fingerprint density at radius 1 is 1.04 bits per heavy atom. The second-order valence-electron chi connectivity index (χ2n) is 8.01. The Morgan fingerprint density at radius 2 is 1.67 bits per heavy atom. The third kappa shape index (κ3) is 3.76. The Labute approximate surface area is 158 Å². The van der Waals surface area contributed by atoms with Gasteiger partial charge in [0.15, 0.2) is 0 Å². The normalized spacial score (nSPS) is 20.3. The molecule has 2 saturated heterocycles. The molecule has 1 amide bonds. The van der Waals surface area contributed by atoms with E-state index >= 15 is 0 Å². The van der Waals surface area contributed by atoms with Crippen LogP contribution in [-0.4, -0.2) is 53.9 Å². The maximum Gasteiger partial charge on any atom is 0.254 e. The zero-order valence-corrected chi connectivity index (χ0v) is 15.7. The number of H-pyrrole nitrogens is 1. The second-order valence-corrected chi connectivity index (χ2v) is 8.01. The van der Waals surface area contributed by atoms with Crippen molar-refractivity contribution in [1.82, 2.24) is 14.8 Å². The molecule has 4 rings (SSSR count). The number of likely N-dealkylation sites (tertiary alicyclic amines) is 2. The zero-order valence-electron chi connectivity index (χ0n) is 15.7. The first-order chi connectivity index (χ1) is 13.0. The summed E-state index contributed by atoms with van der Waals surface area (Å²) in [6.07, 6.45) is 4.55. The number of aromatic amines is 1. The summed E-state index contributed by atoms with van der Waals surface area (Å²) in [6, 6.07) is 5.49. The minimum Gasteiger partial charge on any atom is -0.339 e. The third-order valence-electron chi connectivity index (χ3n) is 6.29. The van der Waals surface area contributed by atoms with Gasteiger partial charge in [-0.25, -0.2) is 4.39 Å². The predicted octanol–water partition coefficient (Wildman–Crippen LogP) is 2.86. The highest BCUT2D eigenvalue weighted by Gasteiger charge is 2.31. The smallest absolute Gasteiger partial charge is 0.254 e. The lowest BCUT2D eigenvalue weighted by atomic mass is 9.79. The standard InChI is InChI=1S/C21H26FN3O2/c1-24-8-4-14(5-9-24)15-6-10-25(11-7-15)21(27)18-13-20(26)23-19-12-16(22)2-3-17(18)19/h2-3,12-15H,4-11H2,1H3,(H,23,26). The number of rotatable bonds is 2. The first-order valence-corrected chi connectivity index (χ1v) is 9.81. The van der Waals surface area contributed by atoms with E-state index in [2.05, 4.69) is 16.9 Å². The molecule has 2 aliphatic rings. The summed E-state index contributed by atoms with van der Waals surface area (Å²) in [7, 11) is 2.18. The Morgan fingerprint density at radius 3 is 2.33 bits per heavy atom. The molecule has 0 aliphatic carbocycles. The molecule has 6 heteroatoms. The molecule has 5 nitrogen and oxygen atoms in total. The van der Waals surface area contributed by atoms with Gasteiger partial charge in [0.25, 0.3) is 5.91 Å². The predicted molar refractivity (Wildman–Crippen MR) is 103 cm³/mol. The summed E-state index contributed by atoms with van der Waals surface area (Å²) in [4.78, 5) is 31.8. The molecule has 144 valence electrons.